The molecule has 0 saturated carbocycles. The van der Waals surface area contributed by atoms with Gasteiger partial charge in [0.2, 0.25) is 5.91 Å². The number of thiazole rings is 1. The average Bonchev–Trinajstić information content (AvgIpc) is 3.39. The first kappa shape index (κ1) is 20.9. The first-order valence-corrected chi connectivity index (χ1v) is 10.7. The van der Waals surface area contributed by atoms with Crippen molar-refractivity contribution in [2.24, 2.45) is 5.73 Å². The van der Waals surface area contributed by atoms with Crippen molar-refractivity contribution >= 4 is 29.2 Å². The zero-order valence-electron chi connectivity index (χ0n) is 16.9. The number of carbonyl (C=O) groups excluding carboxylic acids is 2. The number of hydrogen-bond donors (Lipinski definition) is 2. The van der Waals surface area contributed by atoms with Gasteiger partial charge in [-0.2, -0.15) is 0 Å². The third kappa shape index (κ3) is 5.44. The summed E-state index contributed by atoms with van der Waals surface area (Å²) in [5, 5.41) is 5.40. The van der Waals surface area contributed by atoms with E-state index in [0.29, 0.717) is 34.6 Å². The maximum Gasteiger partial charge on any atom is 0.404 e. The molecule has 4 heterocycles. The number of ether oxygens (including phenoxy) is 1. The van der Waals surface area contributed by atoms with Gasteiger partial charge in [-0.1, -0.05) is 0 Å². The number of nitrogens with two attached hydrogens (primary N) is 1. The molecule has 1 saturated heterocycles. The molecule has 1 unspecified atom stereocenters. The molecule has 3 aromatic heterocycles. The Hall–Kier alpha value is -3.31. The number of aryl methyl sites for hydroxylation is 1. The SMILES string of the molecule is Cc1ccc(-c2nc(NC(=O)CN3CCCC(OC(N)=O)C3)cc(-c3nccs3)n2)o1. The lowest BCUT2D eigenvalue weighted by molar-refractivity contribution is -0.118. The Balaban J connectivity index is 1.50. The van der Waals surface area contributed by atoms with E-state index in [9.17, 15) is 9.59 Å². The lowest BCUT2D eigenvalue weighted by Gasteiger charge is -2.31. The second-order valence-electron chi connectivity index (χ2n) is 7.19. The molecule has 10 nitrogen and oxygen atoms in total. The van der Waals surface area contributed by atoms with Gasteiger partial charge < -0.3 is 20.2 Å². The number of furan rings is 1. The smallest absolute Gasteiger partial charge is 0.404 e. The van der Waals surface area contributed by atoms with Crippen molar-refractivity contribution in [3.63, 3.8) is 0 Å². The van der Waals surface area contributed by atoms with Gasteiger partial charge in [-0.25, -0.2) is 19.7 Å². The van der Waals surface area contributed by atoms with Crippen molar-refractivity contribution in [2.45, 2.75) is 25.9 Å². The van der Waals surface area contributed by atoms with Crippen LogP contribution in [0.25, 0.3) is 22.3 Å². The Kier molecular flexibility index (Phi) is 6.23. The molecule has 2 amide bonds. The van der Waals surface area contributed by atoms with Crippen molar-refractivity contribution in [1.29, 1.82) is 0 Å². The highest BCUT2D eigenvalue weighted by molar-refractivity contribution is 7.13. The molecular formula is C20H22N6O4S. The zero-order chi connectivity index (χ0) is 21.8. The summed E-state index contributed by atoms with van der Waals surface area (Å²) in [6.07, 6.45) is 2.14. The molecule has 0 bridgehead atoms. The Morgan fingerprint density at radius 2 is 2.26 bits per heavy atom. The van der Waals surface area contributed by atoms with Crippen LogP contribution in [0.4, 0.5) is 10.6 Å². The first-order valence-electron chi connectivity index (χ1n) is 9.80. The van der Waals surface area contributed by atoms with Gasteiger partial charge in [0.15, 0.2) is 11.6 Å². The summed E-state index contributed by atoms with van der Waals surface area (Å²) in [7, 11) is 0. The molecule has 3 N–H and O–H groups in total. The van der Waals surface area contributed by atoms with Gasteiger partial charge in [0, 0.05) is 24.2 Å². The van der Waals surface area contributed by atoms with Gasteiger partial charge in [-0.05, 0) is 38.4 Å². The molecule has 0 radical (unpaired) electrons. The number of aromatic nitrogens is 3. The van der Waals surface area contributed by atoms with E-state index in [1.807, 2.05) is 23.3 Å². The Bertz CT molecular complexity index is 1070. The summed E-state index contributed by atoms with van der Waals surface area (Å²) in [5.74, 6) is 1.74. The molecule has 1 atom stereocenters. The molecule has 0 aliphatic carbocycles. The molecule has 162 valence electrons. The first-order chi connectivity index (χ1) is 15.0. The van der Waals surface area contributed by atoms with Crippen LogP contribution < -0.4 is 11.1 Å². The molecule has 0 spiro atoms. The fourth-order valence-electron chi connectivity index (χ4n) is 3.44. The van der Waals surface area contributed by atoms with Gasteiger partial charge in [0.1, 0.15) is 28.4 Å². The molecule has 1 aliphatic heterocycles. The van der Waals surface area contributed by atoms with E-state index in [0.717, 1.165) is 25.1 Å². The summed E-state index contributed by atoms with van der Waals surface area (Å²) >= 11 is 1.44. The molecular weight excluding hydrogens is 420 g/mol. The second kappa shape index (κ2) is 9.23. The van der Waals surface area contributed by atoms with Crippen LogP contribution in [0.1, 0.15) is 18.6 Å². The number of amides is 2. The fourth-order valence-corrected chi connectivity index (χ4v) is 4.04. The summed E-state index contributed by atoms with van der Waals surface area (Å²) in [6.45, 7) is 3.17. The number of nitrogens with zero attached hydrogens (tertiary/aromatic N) is 4. The summed E-state index contributed by atoms with van der Waals surface area (Å²) in [4.78, 5) is 38.9. The van der Waals surface area contributed by atoms with Crippen molar-refractivity contribution < 1.29 is 18.7 Å². The number of likely N-dealkylation sites (tertiary alicyclic amines) is 1. The zero-order valence-corrected chi connectivity index (χ0v) is 17.7. The highest BCUT2D eigenvalue weighted by atomic mass is 32.1. The number of hydrogen-bond acceptors (Lipinski definition) is 9. The van der Waals surface area contributed by atoms with Crippen LogP contribution in [-0.4, -0.2) is 57.6 Å². The Labute approximate surface area is 182 Å². The molecule has 31 heavy (non-hydrogen) atoms. The molecule has 4 rings (SSSR count). The third-order valence-electron chi connectivity index (χ3n) is 4.72. The van der Waals surface area contributed by atoms with Gasteiger partial charge in [0.05, 0.1) is 6.54 Å². The summed E-state index contributed by atoms with van der Waals surface area (Å²) in [5.41, 5.74) is 5.70. The molecule has 3 aromatic rings. The third-order valence-corrected chi connectivity index (χ3v) is 5.51. The van der Waals surface area contributed by atoms with Crippen LogP contribution in [0.2, 0.25) is 0 Å². The quantitative estimate of drug-likeness (QED) is 0.594. The lowest BCUT2D eigenvalue weighted by Crippen LogP contribution is -2.44. The van der Waals surface area contributed by atoms with E-state index in [1.165, 1.54) is 11.3 Å². The molecule has 0 aromatic carbocycles. The predicted molar refractivity (Wildman–Crippen MR) is 114 cm³/mol. The van der Waals surface area contributed by atoms with Crippen molar-refractivity contribution in [3.8, 4) is 22.3 Å². The molecule has 1 fully saturated rings. The number of rotatable bonds is 6. The van der Waals surface area contributed by atoms with Crippen molar-refractivity contribution in [3.05, 3.63) is 35.5 Å². The van der Waals surface area contributed by atoms with Gasteiger partial charge >= 0.3 is 6.09 Å². The fraction of sp³-hybridized carbons (Fsp3) is 0.350. The highest BCUT2D eigenvalue weighted by Gasteiger charge is 2.24. The Morgan fingerprint density at radius 1 is 1.39 bits per heavy atom. The number of piperidine rings is 1. The van der Waals surface area contributed by atoms with E-state index in [1.54, 1.807) is 18.3 Å². The lowest BCUT2D eigenvalue weighted by atomic mass is 10.1. The topological polar surface area (TPSA) is 136 Å². The minimum Gasteiger partial charge on any atom is -0.458 e. The minimum absolute atomic E-state index is 0.143. The van der Waals surface area contributed by atoms with Crippen LogP contribution in [0.3, 0.4) is 0 Å². The van der Waals surface area contributed by atoms with E-state index in [-0.39, 0.29) is 18.6 Å². The van der Waals surface area contributed by atoms with E-state index in [4.69, 9.17) is 14.9 Å². The minimum atomic E-state index is -0.798. The summed E-state index contributed by atoms with van der Waals surface area (Å²) in [6, 6.07) is 5.30. The average molecular weight is 443 g/mol. The van der Waals surface area contributed by atoms with Crippen LogP contribution >= 0.6 is 11.3 Å². The monoisotopic (exact) mass is 442 g/mol. The van der Waals surface area contributed by atoms with Gasteiger partial charge in [0.25, 0.3) is 0 Å². The van der Waals surface area contributed by atoms with Crippen LogP contribution in [0, 0.1) is 6.92 Å². The molecule has 11 heteroatoms. The number of anilines is 1. The highest BCUT2D eigenvalue weighted by Crippen LogP contribution is 2.26. The van der Waals surface area contributed by atoms with Crippen molar-refractivity contribution in [1.82, 2.24) is 19.9 Å². The van der Waals surface area contributed by atoms with E-state index in [2.05, 4.69) is 20.3 Å². The van der Waals surface area contributed by atoms with Crippen LogP contribution in [0.15, 0.2) is 34.2 Å². The second-order valence-corrected chi connectivity index (χ2v) is 8.09. The van der Waals surface area contributed by atoms with E-state index >= 15 is 0 Å². The maximum atomic E-state index is 12.7. The normalized spacial score (nSPS) is 16.7. The van der Waals surface area contributed by atoms with Gasteiger partial charge in [-0.3, -0.25) is 9.69 Å². The Morgan fingerprint density at radius 3 is 2.97 bits per heavy atom. The van der Waals surface area contributed by atoms with Crippen molar-refractivity contribution in [2.75, 3.05) is 25.0 Å². The standard InChI is InChI=1S/C20H22N6O4S/c1-12-4-5-15(29-12)18-23-14(19-22-6-8-31-19)9-16(25-18)24-17(27)11-26-7-2-3-13(10-26)30-20(21)28/h4-6,8-9,13H,2-3,7,10-11H2,1H3,(H2,21,28)(H,23,24,25,27). The number of carbonyl (C=O) groups is 2. The predicted octanol–water partition coefficient (Wildman–Crippen LogP) is 2.67. The molecule has 1 aliphatic rings. The number of nitrogens with one attached hydrogen (secondary N) is 1. The van der Waals surface area contributed by atoms with Crippen LogP contribution in [-0.2, 0) is 9.53 Å². The largest absolute Gasteiger partial charge is 0.458 e. The van der Waals surface area contributed by atoms with Crippen LogP contribution in [0.5, 0.6) is 0 Å². The maximum absolute atomic E-state index is 12.7. The summed E-state index contributed by atoms with van der Waals surface area (Å²) < 4.78 is 10.7. The van der Waals surface area contributed by atoms with E-state index < -0.39 is 6.09 Å². The van der Waals surface area contributed by atoms with Gasteiger partial charge in [-0.15, -0.1) is 11.3 Å². The number of primary amides is 1.